The molecule has 0 saturated heterocycles. The summed E-state index contributed by atoms with van der Waals surface area (Å²) in [5, 5.41) is 5.16. The Labute approximate surface area is 240 Å². The molecule has 0 N–H and O–H groups in total. The van der Waals surface area contributed by atoms with Crippen molar-refractivity contribution in [1.82, 2.24) is 9.13 Å². The van der Waals surface area contributed by atoms with E-state index in [9.17, 15) is 0 Å². The van der Waals surface area contributed by atoms with E-state index in [2.05, 4.69) is 155 Å². The van der Waals surface area contributed by atoms with Crippen LogP contribution < -0.4 is 0 Å². The first kappa shape index (κ1) is 22.7. The predicted octanol–water partition coefficient (Wildman–Crippen LogP) is 10.8. The van der Waals surface area contributed by atoms with Crippen LogP contribution in [-0.4, -0.2) is 9.13 Å². The first-order valence-corrected chi connectivity index (χ1v) is 14.8. The molecule has 9 rings (SSSR count). The van der Waals surface area contributed by atoms with Crippen LogP contribution in [0.5, 0.6) is 0 Å². The number of para-hydroxylation sites is 4. The Morgan fingerprint density at radius 1 is 0.390 bits per heavy atom. The molecule has 0 bridgehead atoms. The van der Waals surface area contributed by atoms with Crippen molar-refractivity contribution < 1.29 is 0 Å². The second-order valence-electron chi connectivity index (χ2n) is 10.6. The van der Waals surface area contributed by atoms with Gasteiger partial charge in [-0.05, 0) is 53.6 Å². The van der Waals surface area contributed by atoms with Crippen molar-refractivity contribution in [2.75, 3.05) is 0 Å². The highest BCUT2D eigenvalue weighted by atomic mass is 32.1. The van der Waals surface area contributed by atoms with E-state index in [4.69, 9.17) is 0 Å². The normalized spacial score (nSPS) is 11.9. The summed E-state index contributed by atoms with van der Waals surface area (Å²) in [6, 6.07) is 52.7. The minimum Gasteiger partial charge on any atom is -0.309 e. The third kappa shape index (κ3) is 3.24. The molecule has 9 aromatic rings. The molecule has 0 atom stereocenters. The largest absolute Gasteiger partial charge is 0.309 e. The van der Waals surface area contributed by atoms with Crippen molar-refractivity contribution in [2.45, 2.75) is 0 Å². The molecular weight excluding hydrogens is 516 g/mol. The van der Waals surface area contributed by atoms with E-state index in [1.54, 1.807) is 0 Å². The first-order chi connectivity index (χ1) is 20.4. The molecule has 0 aliphatic rings. The number of benzene rings is 6. The van der Waals surface area contributed by atoms with E-state index in [-0.39, 0.29) is 0 Å². The number of fused-ring (bicyclic) bond motifs is 8. The maximum Gasteiger partial charge on any atom is 0.0727 e. The Kier molecular flexibility index (Phi) is 4.80. The molecule has 0 aliphatic carbocycles. The van der Waals surface area contributed by atoms with Gasteiger partial charge in [0.1, 0.15) is 0 Å². The molecule has 0 spiro atoms. The highest BCUT2D eigenvalue weighted by Gasteiger charge is 2.20. The molecule has 3 aromatic heterocycles. The second kappa shape index (κ2) is 8.69. The Hall–Kier alpha value is -5.12. The molecule has 0 fully saturated rings. The van der Waals surface area contributed by atoms with Crippen molar-refractivity contribution >= 4 is 64.3 Å². The van der Waals surface area contributed by atoms with Gasteiger partial charge in [0, 0.05) is 37.6 Å². The number of thiophene rings is 1. The topological polar surface area (TPSA) is 9.86 Å². The fourth-order valence-corrected chi connectivity index (χ4v) is 7.91. The van der Waals surface area contributed by atoms with Gasteiger partial charge in [-0.2, -0.15) is 0 Å². The Bertz CT molecular complexity index is 2410. The zero-order valence-corrected chi connectivity index (χ0v) is 23.0. The van der Waals surface area contributed by atoms with E-state index >= 15 is 0 Å². The number of aromatic nitrogens is 2. The predicted molar refractivity (Wildman–Crippen MR) is 176 cm³/mol. The Morgan fingerprint density at radius 3 is 1.73 bits per heavy atom. The van der Waals surface area contributed by atoms with Crippen LogP contribution in [-0.2, 0) is 0 Å². The third-order valence-corrected chi connectivity index (χ3v) is 9.58. The van der Waals surface area contributed by atoms with Crippen LogP contribution in [0.25, 0.3) is 75.5 Å². The van der Waals surface area contributed by atoms with Gasteiger partial charge < -0.3 is 9.13 Å². The van der Waals surface area contributed by atoms with Crippen molar-refractivity contribution in [3.05, 3.63) is 146 Å². The van der Waals surface area contributed by atoms with Gasteiger partial charge in [-0.1, -0.05) is 103 Å². The van der Waals surface area contributed by atoms with Crippen molar-refractivity contribution in [2.24, 2.45) is 0 Å². The fourth-order valence-electron chi connectivity index (χ4n) is 6.56. The van der Waals surface area contributed by atoms with Gasteiger partial charge in [0.2, 0.25) is 0 Å². The minimum atomic E-state index is 1.18. The molecule has 0 saturated carbocycles. The maximum atomic E-state index is 2.43. The van der Waals surface area contributed by atoms with E-state index in [1.807, 2.05) is 11.3 Å². The van der Waals surface area contributed by atoms with Crippen molar-refractivity contribution in [1.29, 1.82) is 0 Å². The van der Waals surface area contributed by atoms with Gasteiger partial charge in [0.05, 0.1) is 26.8 Å². The highest BCUT2D eigenvalue weighted by molar-refractivity contribution is 7.27. The SMILES string of the molecule is c1ccc(-n2c3ccccc3c3ccc(-c4cccc5c4sc4c6ccccc6n(-c6ccccc6)c54)cc32)cc1. The molecule has 0 amide bonds. The molecule has 0 aliphatic heterocycles. The zero-order chi connectivity index (χ0) is 26.9. The van der Waals surface area contributed by atoms with Gasteiger partial charge in [0.15, 0.2) is 0 Å². The van der Waals surface area contributed by atoms with Crippen LogP contribution in [0.15, 0.2) is 146 Å². The van der Waals surface area contributed by atoms with Crippen LogP contribution >= 0.6 is 11.3 Å². The second-order valence-corrected chi connectivity index (χ2v) is 11.6. The van der Waals surface area contributed by atoms with Crippen LogP contribution in [0.2, 0.25) is 0 Å². The number of hydrogen-bond acceptors (Lipinski definition) is 1. The molecule has 6 aromatic carbocycles. The van der Waals surface area contributed by atoms with Crippen molar-refractivity contribution in [3.63, 3.8) is 0 Å². The van der Waals surface area contributed by atoms with Crippen LogP contribution in [0.3, 0.4) is 0 Å². The number of rotatable bonds is 3. The summed E-state index contributed by atoms with van der Waals surface area (Å²) in [6.07, 6.45) is 0. The van der Waals surface area contributed by atoms with E-state index in [0.717, 1.165) is 0 Å². The summed E-state index contributed by atoms with van der Waals surface area (Å²) in [5.74, 6) is 0. The third-order valence-electron chi connectivity index (χ3n) is 8.32. The Balaban J connectivity index is 1.35. The van der Waals surface area contributed by atoms with Crippen LogP contribution in [0.1, 0.15) is 0 Å². The van der Waals surface area contributed by atoms with Crippen LogP contribution in [0.4, 0.5) is 0 Å². The minimum absolute atomic E-state index is 1.18. The van der Waals surface area contributed by atoms with Crippen molar-refractivity contribution in [3.8, 4) is 22.5 Å². The molecule has 41 heavy (non-hydrogen) atoms. The lowest BCUT2D eigenvalue weighted by atomic mass is 10.0. The van der Waals surface area contributed by atoms with E-state index < -0.39 is 0 Å². The van der Waals surface area contributed by atoms with Gasteiger partial charge >= 0.3 is 0 Å². The summed E-state index contributed by atoms with van der Waals surface area (Å²) in [6.45, 7) is 0. The Morgan fingerprint density at radius 2 is 0.976 bits per heavy atom. The fraction of sp³-hybridized carbons (Fsp3) is 0. The van der Waals surface area contributed by atoms with Gasteiger partial charge in [-0.3, -0.25) is 0 Å². The molecule has 0 unspecified atom stereocenters. The summed E-state index contributed by atoms with van der Waals surface area (Å²) in [4.78, 5) is 0. The lowest BCUT2D eigenvalue weighted by Gasteiger charge is -2.10. The number of hydrogen-bond donors (Lipinski definition) is 0. The monoisotopic (exact) mass is 540 g/mol. The summed E-state index contributed by atoms with van der Waals surface area (Å²) >= 11 is 1.91. The summed E-state index contributed by atoms with van der Waals surface area (Å²) < 4.78 is 7.50. The molecular formula is C38H24N2S. The van der Waals surface area contributed by atoms with Crippen LogP contribution in [0, 0.1) is 0 Å². The zero-order valence-electron chi connectivity index (χ0n) is 22.2. The maximum absolute atomic E-state index is 2.43. The quantitative estimate of drug-likeness (QED) is 0.211. The lowest BCUT2D eigenvalue weighted by Crippen LogP contribution is -1.93. The average molecular weight is 541 g/mol. The first-order valence-electron chi connectivity index (χ1n) is 14.0. The van der Waals surface area contributed by atoms with E-state index in [1.165, 1.54) is 75.5 Å². The molecule has 3 heterocycles. The van der Waals surface area contributed by atoms with Gasteiger partial charge in [-0.15, -0.1) is 11.3 Å². The smallest absolute Gasteiger partial charge is 0.0727 e. The summed E-state index contributed by atoms with van der Waals surface area (Å²) in [7, 11) is 0. The van der Waals surface area contributed by atoms with Gasteiger partial charge in [0.25, 0.3) is 0 Å². The molecule has 3 heteroatoms. The molecule has 0 radical (unpaired) electrons. The highest BCUT2D eigenvalue weighted by Crippen LogP contribution is 2.46. The molecule has 192 valence electrons. The standard InChI is InChI=1S/C38H24N2S/c1-3-12-26(13-4-1)39-33-20-9-7-16-29(33)30-23-22-25(24-35(30)39)28-18-11-19-32-36-38(41-37(28)32)31-17-8-10-21-34(31)40(36)27-14-5-2-6-15-27/h1-24H. The van der Waals surface area contributed by atoms with E-state index in [0.29, 0.717) is 0 Å². The lowest BCUT2D eigenvalue weighted by molar-refractivity contribution is 1.18. The number of nitrogens with zero attached hydrogens (tertiary/aromatic N) is 2. The average Bonchev–Trinajstić information content (AvgIpc) is 3.68. The summed E-state index contributed by atoms with van der Waals surface area (Å²) in [5.41, 5.74) is 9.89. The molecule has 2 nitrogen and oxygen atoms in total. The van der Waals surface area contributed by atoms with Gasteiger partial charge in [-0.25, -0.2) is 0 Å².